The molecule has 1 N–H and O–H groups in total. The van der Waals surface area contributed by atoms with E-state index in [-0.39, 0.29) is 11.8 Å². The van der Waals surface area contributed by atoms with Crippen LogP contribution < -0.4 is 10.2 Å². The summed E-state index contributed by atoms with van der Waals surface area (Å²) >= 11 is 0. The molecule has 112 valence electrons. The highest BCUT2D eigenvalue weighted by Gasteiger charge is 2.25. The number of hydrogen-bond donors (Lipinski definition) is 1. The zero-order valence-electron chi connectivity index (χ0n) is 12.5. The number of benzene rings is 1. The van der Waals surface area contributed by atoms with Crippen LogP contribution in [0.4, 0.5) is 10.5 Å². The van der Waals surface area contributed by atoms with Crippen LogP contribution in [0.15, 0.2) is 18.2 Å². The van der Waals surface area contributed by atoms with E-state index >= 15 is 0 Å². The molecule has 1 saturated carbocycles. The summed E-state index contributed by atoms with van der Waals surface area (Å²) in [5.74, 6) is 0.0744. The molecule has 0 saturated heterocycles. The van der Waals surface area contributed by atoms with E-state index in [0.29, 0.717) is 6.04 Å². The average Bonchev–Trinajstić information content (AvgIpc) is 2.98. The second-order valence-corrected chi connectivity index (χ2v) is 6.09. The first-order valence-corrected chi connectivity index (χ1v) is 7.87. The van der Waals surface area contributed by atoms with E-state index in [1.165, 1.54) is 12.8 Å². The summed E-state index contributed by atoms with van der Waals surface area (Å²) in [5, 5.41) is 3.15. The number of carbonyl (C=O) groups excluding carboxylic acids is 2. The summed E-state index contributed by atoms with van der Waals surface area (Å²) in [7, 11) is 0. The quantitative estimate of drug-likeness (QED) is 0.848. The van der Waals surface area contributed by atoms with Gasteiger partial charge in [0.25, 0.3) is 0 Å². The molecule has 21 heavy (non-hydrogen) atoms. The molecule has 3 rings (SSSR count). The molecule has 2 amide bonds. The van der Waals surface area contributed by atoms with Crippen molar-refractivity contribution in [1.29, 1.82) is 0 Å². The van der Waals surface area contributed by atoms with Gasteiger partial charge in [0.2, 0.25) is 0 Å². The minimum absolute atomic E-state index is 0.0124. The zero-order valence-corrected chi connectivity index (χ0v) is 12.5. The van der Waals surface area contributed by atoms with E-state index in [0.717, 1.165) is 49.0 Å². The topological polar surface area (TPSA) is 49.4 Å². The number of fused-ring (bicyclic) bond motifs is 1. The van der Waals surface area contributed by atoms with E-state index in [1.54, 1.807) is 6.92 Å². The van der Waals surface area contributed by atoms with Crippen LogP contribution in [0.25, 0.3) is 0 Å². The van der Waals surface area contributed by atoms with Crippen LogP contribution in [0.1, 0.15) is 54.9 Å². The van der Waals surface area contributed by atoms with Crippen LogP contribution in [-0.2, 0) is 6.42 Å². The first kappa shape index (κ1) is 14.1. The predicted molar refractivity (Wildman–Crippen MR) is 82.9 cm³/mol. The molecule has 1 aromatic rings. The van der Waals surface area contributed by atoms with Crippen molar-refractivity contribution in [2.24, 2.45) is 0 Å². The summed E-state index contributed by atoms with van der Waals surface area (Å²) < 4.78 is 0. The van der Waals surface area contributed by atoms with E-state index in [4.69, 9.17) is 0 Å². The highest BCUT2D eigenvalue weighted by molar-refractivity contribution is 5.97. The van der Waals surface area contributed by atoms with Crippen LogP contribution >= 0.6 is 0 Å². The Morgan fingerprint density at radius 2 is 1.95 bits per heavy atom. The molecule has 0 radical (unpaired) electrons. The molecule has 1 aromatic carbocycles. The Hall–Kier alpha value is -1.84. The lowest BCUT2D eigenvalue weighted by Gasteiger charge is -2.31. The second-order valence-electron chi connectivity index (χ2n) is 6.09. The Kier molecular flexibility index (Phi) is 3.95. The van der Waals surface area contributed by atoms with Crippen molar-refractivity contribution < 1.29 is 9.59 Å². The molecule has 0 atom stereocenters. The number of urea groups is 1. The number of carbonyl (C=O) groups is 2. The molecule has 0 spiro atoms. The van der Waals surface area contributed by atoms with Crippen molar-refractivity contribution >= 4 is 17.5 Å². The Labute approximate surface area is 125 Å². The molecule has 1 aliphatic carbocycles. The minimum Gasteiger partial charge on any atom is -0.335 e. The Morgan fingerprint density at radius 3 is 2.67 bits per heavy atom. The maximum absolute atomic E-state index is 12.5. The molecule has 4 heteroatoms. The van der Waals surface area contributed by atoms with Gasteiger partial charge in [-0.3, -0.25) is 9.69 Å². The Morgan fingerprint density at radius 1 is 1.19 bits per heavy atom. The fourth-order valence-corrected chi connectivity index (χ4v) is 3.35. The summed E-state index contributed by atoms with van der Waals surface area (Å²) in [6.45, 7) is 2.33. The SMILES string of the molecule is CC(=O)c1ccc2c(c1)CCCN2C(=O)NC1CCCC1. The van der Waals surface area contributed by atoms with Crippen LogP contribution in [0.3, 0.4) is 0 Å². The van der Waals surface area contributed by atoms with E-state index in [2.05, 4.69) is 5.32 Å². The van der Waals surface area contributed by atoms with Crippen molar-refractivity contribution in [3.63, 3.8) is 0 Å². The number of amides is 2. The van der Waals surface area contributed by atoms with E-state index in [1.807, 2.05) is 23.1 Å². The molecule has 1 aliphatic heterocycles. The summed E-state index contributed by atoms with van der Waals surface area (Å²) in [6, 6.07) is 6.02. The highest BCUT2D eigenvalue weighted by Crippen LogP contribution is 2.29. The van der Waals surface area contributed by atoms with E-state index in [9.17, 15) is 9.59 Å². The second kappa shape index (κ2) is 5.88. The number of aryl methyl sites for hydroxylation is 1. The summed E-state index contributed by atoms with van der Waals surface area (Å²) in [6.07, 6.45) is 6.49. The van der Waals surface area contributed by atoms with Crippen LogP contribution in [0.2, 0.25) is 0 Å². The van der Waals surface area contributed by atoms with Gasteiger partial charge in [0.15, 0.2) is 5.78 Å². The number of rotatable bonds is 2. The molecule has 1 fully saturated rings. The molecule has 2 aliphatic rings. The van der Waals surface area contributed by atoms with Gasteiger partial charge in [0, 0.05) is 23.8 Å². The number of anilines is 1. The minimum atomic E-state index is 0.0124. The van der Waals surface area contributed by atoms with Gasteiger partial charge in [-0.15, -0.1) is 0 Å². The van der Waals surface area contributed by atoms with Gasteiger partial charge in [0.1, 0.15) is 0 Å². The lowest BCUT2D eigenvalue weighted by molar-refractivity contribution is 0.101. The molecular formula is C17H22N2O2. The highest BCUT2D eigenvalue weighted by atomic mass is 16.2. The largest absolute Gasteiger partial charge is 0.335 e. The molecule has 1 heterocycles. The van der Waals surface area contributed by atoms with Gasteiger partial charge in [-0.25, -0.2) is 4.79 Å². The lowest BCUT2D eigenvalue weighted by Crippen LogP contribution is -2.46. The Balaban J connectivity index is 1.79. The summed E-state index contributed by atoms with van der Waals surface area (Å²) in [4.78, 5) is 25.8. The van der Waals surface area contributed by atoms with Crippen molar-refractivity contribution in [3.05, 3.63) is 29.3 Å². The smallest absolute Gasteiger partial charge is 0.322 e. The molecular weight excluding hydrogens is 264 g/mol. The van der Waals surface area contributed by atoms with Crippen molar-refractivity contribution in [2.45, 2.75) is 51.5 Å². The molecule has 0 bridgehead atoms. The van der Waals surface area contributed by atoms with Gasteiger partial charge in [-0.1, -0.05) is 12.8 Å². The number of Topliss-reactive ketones (excluding diaryl/α,β-unsaturated/α-hetero) is 1. The van der Waals surface area contributed by atoms with Crippen molar-refractivity contribution in [3.8, 4) is 0 Å². The Bertz CT molecular complexity index is 562. The fraction of sp³-hybridized carbons (Fsp3) is 0.529. The van der Waals surface area contributed by atoms with Crippen LogP contribution in [-0.4, -0.2) is 24.4 Å². The maximum atomic E-state index is 12.5. The number of hydrogen-bond acceptors (Lipinski definition) is 2. The third-order valence-electron chi connectivity index (χ3n) is 4.53. The zero-order chi connectivity index (χ0) is 14.8. The van der Waals surface area contributed by atoms with Gasteiger partial charge in [0.05, 0.1) is 0 Å². The van der Waals surface area contributed by atoms with Gasteiger partial charge in [-0.2, -0.15) is 0 Å². The van der Waals surface area contributed by atoms with Crippen molar-refractivity contribution in [1.82, 2.24) is 5.32 Å². The number of nitrogens with zero attached hydrogens (tertiary/aromatic N) is 1. The van der Waals surface area contributed by atoms with Crippen LogP contribution in [0, 0.1) is 0 Å². The molecule has 4 nitrogen and oxygen atoms in total. The third kappa shape index (κ3) is 2.94. The van der Waals surface area contributed by atoms with Crippen molar-refractivity contribution in [2.75, 3.05) is 11.4 Å². The fourth-order valence-electron chi connectivity index (χ4n) is 3.35. The van der Waals surface area contributed by atoms with Gasteiger partial charge >= 0.3 is 6.03 Å². The molecule has 0 aromatic heterocycles. The molecule has 0 unspecified atom stereocenters. The van der Waals surface area contributed by atoms with Gasteiger partial charge in [-0.05, 0) is 56.4 Å². The van der Waals surface area contributed by atoms with Gasteiger partial charge < -0.3 is 5.32 Å². The monoisotopic (exact) mass is 286 g/mol. The first-order valence-electron chi connectivity index (χ1n) is 7.87. The number of nitrogens with one attached hydrogen (secondary N) is 1. The third-order valence-corrected chi connectivity index (χ3v) is 4.53. The summed E-state index contributed by atoms with van der Waals surface area (Å²) in [5.41, 5.74) is 2.80. The average molecular weight is 286 g/mol. The van der Waals surface area contributed by atoms with Crippen LogP contribution in [0.5, 0.6) is 0 Å². The maximum Gasteiger partial charge on any atom is 0.322 e. The predicted octanol–water partition coefficient (Wildman–Crippen LogP) is 3.29. The first-order chi connectivity index (χ1) is 10.1. The number of ketones is 1. The van der Waals surface area contributed by atoms with E-state index < -0.39 is 0 Å². The lowest BCUT2D eigenvalue weighted by atomic mass is 9.98. The standard InChI is InChI=1S/C17H22N2O2/c1-12(20)13-8-9-16-14(11-13)5-4-10-19(16)17(21)18-15-6-2-3-7-15/h8-9,11,15H,2-7,10H2,1H3,(H,18,21). The normalized spacial score (nSPS) is 18.4.